The molecule has 1 heterocycles. The van der Waals surface area contributed by atoms with Crippen molar-refractivity contribution >= 4 is 9.84 Å². The molecule has 2 rings (SSSR count). The summed E-state index contributed by atoms with van der Waals surface area (Å²) in [7, 11) is -2.61. The summed E-state index contributed by atoms with van der Waals surface area (Å²) >= 11 is 0. The normalized spacial score (nSPS) is 36.1. The van der Waals surface area contributed by atoms with Gasteiger partial charge in [0.15, 0.2) is 9.84 Å². The quantitative estimate of drug-likeness (QED) is 0.758. The molecule has 0 spiro atoms. The third-order valence-electron chi connectivity index (χ3n) is 3.56. The minimum atomic E-state index is -2.61. The number of hydrogen-bond acceptors (Lipinski definition) is 3. The minimum Gasteiger partial charge on any atom is -0.314 e. The summed E-state index contributed by atoms with van der Waals surface area (Å²) in [5.41, 5.74) is 0. The van der Waals surface area contributed by atoms with Crippen molar-refractivity contribution in [1.29, 1.82) is 0 Å². The highest BCUT2D eigenvalue weighted by molar-refractivity contribution is 7.92. The average molecular weight is 217 g/mol. The molecule has 1 N–H and O–H groups in total. The monoisotopic (exact) mass is 217 g/mol. The lowest BCUT2D eigenvalue weighted by Gasteiger charge is -2.35. The number of sulfone groups is 1. The van der Waals surface area contributed by atoms with Crippen LogP contribution in [0.3, 0.4) is 0 Å². The average Bonchev–Trinajstić information content (AvgIpc) is 2.06. The predicted octanol–water partition coefficient (Wildman–Crippen LogP) is 0.809. The highest BCUT2D eigenvalue weighted by atomic mass is 32.2. The summed E-state index contributed by atoms with van der Waals surface area (Å²) in [6, 6.07) is 0.701. The zero-order valence-electron chi connectivity index (χ0n) is 8.70. The molecule has 0 radical (unpaired) electrons. The molecule has 1 aliphatic carbocycles. The highest BCUT2D eigenvalue weighted by Crippen LogP contribution is 2.27. The van der Waals surface area contributed by atoms with Gasteiger partial charge in [0.2, 0.25) is 0 Å². The molecule has 2 unspecified atom stereocenters. The van der Waals surface area contributed by atoms with Gasteiger partial charge in [0.05, 0.1) is 11.5 Å². The van der Waals surface area contributed by atoms with Crippen molar-refractivity contribution in [2.45, 2.75) is 32.2 Å². The van der Waals surface area contributed by atoms with Crippen LogP contribution < -0.4 is 5.32 Å². The van der Waals surface area contributed by atoms with E-state index in [9.17, 15) is 8.42 Å². The Balaban J connectivity index is 1.56. The molecule has 0 amide bonds. The van der Waals surface area contributed by atoms with E-state index in [0.717, 1.165) is 18.9 Å². The first-order valence-electron chi connectivity index (χ1n) is 5.50. The van der Waals surface area contributed by atoms with E-state index in [1.54, 1.807) is 0 Å². The zero-order chi connectivity index (χ0) is 10.2. The Morgan fingerprint density at radius 2 is 2.00 bits per heavy atom. The number of nitrogens with one attached hydrogen (secondary N) is 1. The fraction of sp³-hybridized carbons (Fsp3) is 1.00. The molecule has 0 aromatic carbocycles. The van der Waals surface area contributed by atoms with Gasteiger partial charge in [-0.05, 0) is 37.6 Å². The molecule has 2 aliphatic rings. The van der Waals surface area contributed by atoms with Crippen molar-refractivity contribution in [3.05, 3.63) is 0 Å². The highest BCUT2D eigenvalue weighted by Gasteiger charge is 2.33. The molecule has 0 aromatic heterocycles. The molecule has 0 aromatic rings. The molecule has 4 heteroatoms. The predicted molar refractivity (Wildman–Crippen MR) is 56.9 cm³/mol. The van der Waals surface area contributed by atoms with Crippen LogP contribution in [0, 0.1) is 11.8 Å². The maximum atomic E-state index is 10.9. The van der Waals surface area contributed by atoms with Gasteiger partial charge in [0.1, 0.15) is 0 Å². The molecule has 1 saturated carbocycles. The summed E-state index contributed by atoms with van der Waals surface area (Å²) in [6.07, 6.45) is 3.67. The number of hydrogen-bond donors (Lipinski definition) is 1. The molecular weight excluding hydrogens is 198 g/mol. The molecule has 0 bridgehead atoms. The largest absolute Gasteiger partial charge is 0.314 e. The molecule has 82 valence electrons. The zero-order valence-corrected chi connectivity index (χ0v) is 9.52. The van der Waals surface area contributed by atoms with Crippen molar-refractivity contribution in [2.24, 2.45) is 11.8 Å². The van der Waals surface area contributed by atoms with Gasteiger partial charge in [0.25, 0.3) is 0 Å². The van der Waals surface area contributed by atoms with Crippen LogP contribution in [0.15, 0.2) is 0 Å². The van der Waals surface area contributed by atoms with Crippen molar-refractivity contribution in [3.63, 3.8) is 0 Å². The summed E-state index contributed by atoms with van der Waals surface area (Å²) in [5, 5.41) is 3.50. The van der Waals surface area contributed by atoms with Gasteiger partial charge in [0, 0.05) is 6.04 Å². The van der Waals surface area contributed by atoms with Crippen LogP contribution in [0.1, 0.15) is 26.2 Å². The van der Waals surface area contributed by atoms with Crippen LogP contribution in [-0.4, -0.2) is 32.5 Å². The van der Waals surface area contributed by atoms with Crippen molar-refractivity contribution in [2.75, 3.05) is 18.1 Å². The smallest absolute Gasteiger partial charge is 0.150 e. The minimum absolute atomic E-state index is 0.425. The van der Waals surface area contributed by atoms with E-state index >= 15 is 0 Å². The maximum absolute atomic E-state index is 10.9. The van der Waals surface area contributed by atoms with Gasteiger partial charge >= 0.3 is 0 Å². The van der Waals surface area contributed by atoms with E-state index in [2.05, 4.69) is 12.2 Å². The van der Waals surface area contributed by atoms with Gasteiger partial charge < -0.3 is 5.32 Å². The Morgan fingerprint density at radius 3 is 2.43 bits per heavy atom. The first-order valence-corrected chi connectivity index (χ1v) is 7.33. The Labute approximate surface area is 86.2 Å². The van der Waals surface area contributed by atoms with Gasteiger partial charge in [-0.3, -0.25) is 0 Å². The third-order valence-corrected chi connectivity index (χ3v) is 5.52. The molecule has 1 saturated heterocycles. The topological polar surface area (TPSA) is 46.2 Å². The molecule has 3 nitrogen and oxygen atoms in total. The summed E-state index contributed by atoms with van der Waals surface area (Å²) < 4.78 is 21.8. The fourth-order valence-corrected chi connectivity index (χ4v) is 3.95. The van der Waals surface area contributed by atoms with E-state index in [1.807, 2.05) is 0 Å². The van der Waals surface area contributed by atoms with Crippen LogP contribution in [0.4, 0.5) is 0 Å². The van der Waals surface area contributed by atoms with Gasteiger partial charge in [-0.25, -0.2) is 8.42 Å². The lowest BCUT2D eigenvalue weighted by Crippen LogP contribution is -2.45. The van der Waals surface area contributed by atoms with Crippen molar-refractivity contribution in [1.82, 2.24) is 5.32 Å². The Kier molecular flexibility index (Phi) is 2.84. The van der Waals surface area contributed by atoms with Crippen molar-refractivity contribution < 1.29 is 8.42 Å². The van der Waals surface area contributed by atoms with Gasteiger partial charge in [-0.15, -0.1) is 0 Å². The van der Waals surface area contributed by atoms with Crippen LogP contribution in [0.5, 0.6) is 0 Å². The number of rotatable bonds is 4. The first-order chi connectivity index (χ1) is 6.57. The Bertz CT molecular complexity index is 287. The van der Waals surface area contributed by atoms with Crippen LogP contribution in [0.2, 0.25) is 0 Å². The SMILES string of the molecule is CC1CCC1NCCC1CS(=O)(=O)C1. The van der Waals surface area contributed by atoms with Gasteiger partial charge in [-0.2, -0.15) is 0 Å². The third kappa shape index (κ3) is 2.28. The lowest BCUT2D eigenvalue weighted by molar-refractivity contribution is 0.226. The van der Waals surface area contributed by atoms with E-state index in [-0.39, 0.29) is 0 Å². The molecule has 14 heavy (non-hydrogen) atoms. The van der Waals surface area contributed by atoms with Crippen LogP contribution in [-0.2, 0) is 9.84 Å². The van der Waals surface area contributed by atoms with E-state index < -0.39 is 9.84 Å². The summed E-state index contributed by atoms with van der Waals surface area (Å²) in [6.45, 7) is 3.27. The molecule has 2 fully saturated rings. The molecule has 1 aliphatic heterocycles. The van der Waals surface area contributed by atoms with E-state index in [1.165, 1.54) is 12.8 Å². The molecular formula is C10H19NO2S. The Hall–Kier alpha value is -0.0900. The Morgan fingerprint density at radius 1 is 1.29 bits per heavy atom. The standard InChI is InChI=1S/C10H19NO2S/c1-8-2-3-10(8)11-5-4-9-6-14(12,13)7-9/h8-11H,2-7H2,1H3. The lowest BCUT2D eigenvalue weighted by atomic mass is 9.81. The second kappa shape index (κ2) is 3.81. The van der Waals surface area contributed by atoms with E-state index in [4.69, 9.17) is 0 Å². The summed E-state index contributed by atoms with van der Waals surface area (Å²) in [4.78, 5) is 0. The fourth-order valence-electron chi connectivity index (χ4n) is 2.28. The maximum Gasteiger partial charge on any atom is 0.150 e. The second-order valence-electron chi connectivity index (χ2n) is 4.85. The first kappa shape index (κ1) is 10.4. The van der Waals surface area contributed by atoms with Crippen molar-refractivity contribution in [3.8, 4) is 0 Å². The van der Waals surface area contributed by atoms with E-state index in [0.29, 0.717) is 23.5 Å². The van der Waals surface area contributed by atoms with Gasteiger partial charge in [-0.1, -0.05) is 6.92 Å². The second-order valence-corrected chi connectivity index (χ2v) is 7.00. The molecule has 2 atom stereocenters. The van der Waals surface area contributed by atoms with Crippen LogP contribution in [0.25, 0.3) is 0 Å². The summed E-state index contributed by atoms with van der Waals surface area (Å²) in [5.74, 6) is 2.10. The van der Waals surface area contributed by atoms with Crippen LogP contribution >= 0.6 is 0 Å².